The Morgan fingerprint density at radius 3 is 2.53 bits per heavy atom. The fraction of sp³-hybridized carbons (Fsp3) is 0.333. The fourth-order valence-corrected chi connectivity index (χ4v) is 3.99. The first-order valence-corrected chi connectivity index (χ1v) is 10.3. The predicted molar refractivity (Wildman–Crippen MR) is 113 cm³/mol. The van der Waals surface area contributed by atoms with Gasteiger partial charge in [0.15, 0.2) is 17.2 Å². The molecular formula is C24H25FN2O3. The van der Waals surface area contributed by atoms with Crippen LogP contribution in [0.1, 0.15) is 40.9 Å². The van der Waals surface area contributed by atoms with Gasteiger partial charge in [-0.2, -0.15) is 0 Å². The van der Waals surface area contributed by atoms with Crippen LogP contribution < -0.4 is 5.32 Å². The van der Waals surface area contributed by atoms with Crippen molar-refractivity contribution in [2.45, 2.75) is 38.6 Å². The number of carbonyl (C=O) groups excluding carboxylic acids is 2. The smallest absolute Gasteiger partial charge is 0.289 e. The average molecular weight is 408 g/mol. The highest BCUT2D eigenvalue weighted by molar-refractivity contribution is 5.99. The van der Waals surface area contributed by atoms with Gasteiger partial charge in [-0.1, -0.05) is 42.5 Å². The maximum Gasteiger partial charge on any atom is 0.289 e. The molecule has 1 N–H and O–H groups in total. The van der Waals surface area contributed by atoms with Gasteiger partial charge in [0, 0.05) is 36.5 Å². The second kappa shape index (κ2) is 8.69. The van der Waals surface area contributed by atoms with Crippen LogP contribution in [-0.4, -0.2) is 35.8 Å². The lowest BCUT2D eigenvalue weighted by molar-refractivity contribution is -0.122. The summed E-state index contributed by atoms with van der Waals surface area (Å²) < 4.78 is 19.5. The monoisotopic (exact) mass is 408 g/mol. The van der Waals surface area contributed by atoms with E-state index in [2.05, 4.69) is 5.32 Å². The molecule has 1 aliphatic heterocycles. The first-order valence-electron chi connectivity index (χ1n) is 10.3. The third-order valence-electron chi connectivity index (χ3n) is 5.74. The second-order valence-electron chi connectivity index (χ2n) is 7.79. The molecule has 0 radical (unpaired) electrons. The number of nitrogens with zero attached hydrogens (tertiary/aromatic N) is 1. The van der Waals surface area contributed by atoms with Crippen molar-refractivity contribution in [3.8, 4) is 0 Å². The quantitative estimate of drug-likeness (QED) is 0.687. The molecule has 2 heterocycles. The normalized spacial score (nSPS) is 14.8. The number of furan rings is 1. The topological polar surface area (TPSA) is 62.6 Å². The molecule has 0 aliphatic carbocycles. The van der Waals surface area contributed by atoms with Crippen LogP contribution in [0.3, 0.4) is 0 Å². The van der Waals surface area contributed by atoms with Gasteiger partial charge in [0.25, 0.3) is 5.91 Å². The number of hydrogen-bond donors (Lipinski definition) is 1. The molecular weight excluding hydrogens is 383 g/mol. The van der Waals surface area contributed by atoms with Crippen molar-refractivity contribution in [1.82, 2.24) is 10.2 Å². The third-order valence-corrected chi connectivity index (χ3v) is 5.74. The number of rotatable bonds is 5. The summed E-state index contributed by atoms with van der Waals surface area (Å²) in [7, 11) is 0. The van der Waals surface area contributed by atoms with E-state index >= 15 is 0 Å². The molecule has 1 fully saturated rings. The summed E-state index contributed by atoms with van der Waals surface area (Å²) in [5, 5.41) is 3.70. The minimum atomic E-state index is -0.466. The molecule has 5 nitrogen and oxygen atoms in total. The van der Waals surface area contributed by atoms with Crippen LogP contribution in [-0.2, 0) is 11.2 Å². The number of carbonyl (C=O) groups is 2. The summed E-state index contributed by atoms with van der Waals surface area (Å²) in [4.78, 5) is 26.9. The number of piperidine rings is 1. The molecule has 1 aliphatic rings. The van der Waals surface area contributed by atoms with Gasteiger partial charge < -0.3 is 14.6 Å². The number of likely N-dealkylation sites (tertiary alicyclic amines) is 1. The summed E-state index contributed by atoms with van der Waals surface area (Å²) in [6.45, 7) is 2.83. The third kappa shape index (κ3) is 4.22. The van der Waals surface area contributed by atoms with E-state index in [4.69, 9.17) is 4.42 Å². The molecule has 6 heteroatoms. The minimum Gasteiger partial charge on any atom is -0.448 e. The fourth-order valence-electron chi connectivity index (χ4n) is 3.99. The summed E-state index contributed by atoms with van der Waals surface area (Å²) in [5.41, 5.74) is 1.93. The summed E-state index contributed by atoms with van der Waals surface area (Å²) in [5.74, 6) is -0.462. The van der Waals surface area contributed by atoms with E-state index in [1.54, 1.807) is 24.0 Å². The number of amides is 2. The Morgan fingerprint density at radius 1 is 1.10 bits per heavy atom. The van der Waals surface area contributed by atoms with E-state index in [1.165, 1.54) is 6.07 Å². The van der Waals surface area contributed by atoms with Crippen molar-refractivity contribution in [2.75, 3.05) is 13.1 Å². The summed E-state index contributed by atoms with van der Waals surface area (Å²) >= 11 is 0. The van der Waals surface area contributed by atoms with Crippen LogP contribution in [0.5, 0.6) is 0 Å². The van der Waals surface area contributed by atoms with Crippen LogP contribution >= 0.6 is 0 Å². The number of nitrogens with one attached hydrogen (secondary N) is 1. The number of fused-ring (bicyclic) bond motifs is 1. The lowest BCUT2D eigenvalue weighted by Crippen LogP contribution is -2.46. The summed E-state index contributed by atoms with van der Waals surface area (Å²) in [6, 6.07) is 14.7. The molecule has 30 heavy (non-hydrogen) atoms. The zero-order valence-corrected chi connectivity index (χ0v) is 17.0. The number of hydrogen-bond acceptors (Lipinski definition) is 3. The van der Waals surface area contributed by atoms with Crippen molar-refractivity contribution in [3.05, 3.63) is 71.2 Å². The number of halogens is 1. The van der Waals surface area contributed by atoms with E-state index in [0.29, 0.717) is 49.7 Å². The highest BCUT2D eigenvalue weighted by Gasteiger charge is 2.28. The Hall–Kier alpha value is -3.15. The van der Waals surface area contributed by atoms with Crippen LogP contribution in [0.2, 0.25) is 0 Å². The molecule has 3 aromatic rings. The second-order valence-corrected chi connectivity index (χ2v) is 7.79. The molecule has 2 amide bonds. The van der Waals surface area contributed by atoms with E-state index < -0.39 is 5.82 Å². The van der Waals surface area contributed by atoms with Crippen molar-refractivity contribution < 1.29 is 18.4 Å². The molecule has 0 atom stereocenters. The number of benzene rings is 2. The molecule has 0 saturated carbocycles. The predicted octanol–water partition coefficient (Wildman–Crippen LogP) is 4.23. The van der Waals surface area contributed by atoms with E-state index in [0.717, 1.165) is 5.56 Å². The van der Waals surface area contributed by atoms with Crippen LogP contribution in [0.4, 0.5) is 4.39 Å². The zero-order chi connectivity index (χ0) is 21.1. The highest BCUT2D eigenvalue weighted by atomic mass is 19.1. The van der Waals surface area contributed by atoms with E-state index in [1.807, 2.05) is 30.3 Å². The molecule has 1 saturated heterocycles. The van der Waals surface area contributed by atoms with Gasteiger partial charge in [0.1, 0.15) is 0 Å². The van der Waals surface area contributed by atoms with Crippen LogP contribution in [0, 0.1) is 12.7 Å². The largest absolute Gasteiger partial charge is 0.448 e. The maximum atomic E-state index is 14.0. The molecule has 2 aromatic carbocycles. The van der Waals surface area contributed by atoms with Gasteiger partial charge in [0.05, 0.1) is 0 Å². The van der Waals surface area contributed by atoms with Gasteiger partial charge in [-0.15, -0.1) is 0 Å². The average Bonchev–Trinajstić information content (AvgIpc) is 3.11. The lowest BCUT2D eigenvalue weighted by Gasteiger charge is -2.32. The Balaban J connectivity index is 1.31. The standard InChI is InChI=1S/C24H25FN2O3/c1-16-19-8-5-9-20(25)23(19)30-22(16)24(29)27-14-12-18(13-15-27)26-21(28)11-10-17-6-3-2-4-7-17/h2-9,18H,10-15H2,1H3,(H,26,28). The maximum absolute atomic E-state index is 14.0. The molecule has 1 aromatic heterocycles. The van der Waals surface area contributed by atoms with Crippen molar-refractivity contribution >= 4 is 22.8 Å². The zero-order valence-electron chi connectivity index (χ0n) is 17.0. The Morgan fingerprint density at radius 2 is 1.83 bits per heavy atom. The van der Waals surface area contributed by atoms with Crippen LogP contribution in [0.25, 0.3) is 11.0 Å². The minimum absolute atomic E-state index is 0.0345. The van der Waals surface area contributed by atoms with E-state index in [9.17, 15) is 14.0 Å². The number of para-hydroxylation sites is 1. The van der Waals surface area contributed by atoms with Gasteiger partial charge in [-0.3, -0.25) is 9.59 Å². The van der Waals surface area contributed by atoms with Gasteiger partial charge in [0.2, 0.25) is 5.91 Å². The molecule has 0 spiro atoms. The highest BCUT2D eigenvalue weighted by Crippen LogP contribution is 2.28. The van der Waals surface area contributed by atoms with Crippen molar-refractivity contribution in [1.29, 1.82) is 0 Å². The molecule has 4 rings (SSSR count). The summed E-state index contributed by atoms with van der Waals surface area (Å²) in [6.07, 6.45) is 2.55. The Bertz CT molecular complexity index is 1050. The van der Waals surface area contributed by atoms with Crippen molar-refractivity contribution in [3.63, 3.8) is 0 Å². The Kier molecular flexibility index (Phi) is 5.84. The Labute approximate surface area is 174 Å². The van der Waals surface area contributed by atoms with Gasteiger partial charge in [-0.05, 0) is 37.8 Å². The molecule has 0 bridgehead atoms. The first kappa shape index (κ1) is 20.1. The van der Waals surface area contributed by atoms with Gasteiger partial charge >= 0.3 is 0 Å². The van der Waals surface area contributed by atoms with Gasteiger partial charge in [-0.25, -0.2) is 4.39 Å². The molecule has 156 valence electrons. The first-order chi connectivity index (χ1) is 14.5. The lowest BCUT2D eigenvalue weighted by atomic mass is 10.0. The van der Waals surface area contributed by atoms with Crippen LogP contribution in [0.15, 0.2) is 52.9 Å². The van der Waals surface area contributed by atoms with Crippen molar-refractivity contribution in [2.24, 2.45) is 0 Å². The molecule has 0 unspecified atom stereocenters. The number of aryl methyl sites for hydroxylation is 2. The SMILES string of the molecule is Cc1c(C(=O)N2CCC(NC(=O)CCc3ccccc3)CC2)oc2c(F)cccc12. The van der Waals surface area contributed by atoms with E-state index in [-0.39, 0.29) is 29.2 Å².